The minimum absolute atomic E-state index is 0.125. The van der Waals surface area contributed by atoms with Crippen molar-refractivity contribution in [2.24, 2.45) is 0 Å². The molecule has 0 bridgehead atoms. The number of thioether (sulfide) groups is 1. The van der Waals surface area contributed by atoms with Crippen molar-refractivity contribution in [1.29, 1.82) is 0 Å². The summed E-state index contributed by atoms with van der Waals surface area (Å²) in [7, 11) is 0. The fraction of sp³-hybridized carbons (Fsp3) is 0.750. The van der Waals surface area contributed by atoms with Gasteiger partial charge in [0.2, 0.25) is 11.0 Å². The maximum absolute atomic E-state index is 12.5. The molecule has 2 rings (SSSR count). The number of likely N-dealkylation sites (tertiary alicyclic amines) is 1. The molecule has 106 valence electrons. The van der Waals surface area contributed by atoms with E-state index >= 15 is 0 Å². The van der Waals surface area contributed by atoms with Gasteiger partial charge in [-0.3, -0.25) is 4.79 Å². The highest BCUT2D eigenvalue weighted by Gasteiger charge is 2.29. The molecule has 1 aromatic rings. The van der Waals surface area contributed by atoms with Crippen molar-refractivity contribution < 1.29 is 4.79 Å². The summed E-state index contributed by atoms with van der Waals surface area (Å²) >= 11 is 2.79. The molecule has 2 N–H and O–H groups in total. The van der Waals surface area contributed by atoms with Crippen molar-refractivity contribution in [3.63, 3.8) is 0 Å². The molecular formula is C12H20N4OS2. The third-order valence-electron chi connectivity index (χ3n) is 3.43. The number of piperidine rings is 1. The molecule has 5 nitrogen and oxygen atoms in total. The minimum Gasteiger partial charge on any atom is -0.374 e. The number of hydrogen-bond donors (Lipinski definition) is 1. The lowest BCUT2D eigenvalue weighted by Gasteiger charge is -2.36. The topological polar surface area (TPSA) is 72.1 Å². The maximum Gasteiger partial charge on any atom is 0.236 e. The van der Waals surface area contributed by atoms with Crippen LogP contribution in [0.15, 0.2) is 4.34 Å². The van der Waals surface area contributed by atoms with Crippen LogP contribution in [0.4, 0.5) is 5.13 Å². The molecule has 0 aliphatic carbocycles. The lowest BCUT2D eigenvalue weighted by atomic mass is 10.00. The third-order valence-corrected chi connectivity index (χ3v) is 5.35. The smallest absolute Gasteiger partial charge is 0.236 e. The summed E-state index contributed by atoms with van der Waals surface area (Å²) in [6.45, 7) is 4.98. The summed E-state index contributed by atoms with van der Waals surface area (Å²) in [6, 6.07) is 0.406. The maximum atomic E-state index is 12.5. The standard InChI is InChI=1S/C12H20N4OS2/c1-3-9-6-4-5-7-16(9)10(17)8(2)18-12-15-14-11(13)19-12/h8-9H,3-7H2,1-2H3,(H2,13,14)/t8-,9-/m1/s1. The van der Waals surface area contributed by atoms with Gasteiger partial charge in [0.1, 0.15) is 0 Å². The molecule has 0 unspecified atom stereocenters. The molecule has 1 fully saturated rings. The summed E-state index contributed by atoms with van der Waals surface area (Å²) in [5, 5.41) is 8.06. The van der Waals surface area contributed by atoms with E-state index in [1.807, 2.05) is 11.8 Å². The zero-order chi connectivity index (χ0) is 13.8. The molecule has 1 aromatic heterocycles. The monoisotopic (exact) mass is 300 g/mol. The number of nitrogen functional groups attached to an aromatic ring is 1. The number of nitrogens with two attached hydrogens (primary N) is 1. The predicted octanol–water partition coefficient (Wildman–Crippen LogP) is 2.39. The van der Waals surface area contributed by atoms with E-state index in [1.54, 1.807) is 0 Å². The van der Waals surface area contributed by atoms with Gasteiger partial charge in [0.05, 0.1) is 5.25 Å². The predicted molar refractivity (Wildman–Crippen MR) is 79.3 cm³/mol. The van der Waals surface area contributed by atoms with E-state index < -0.39 is 0 Å². The van der Waals surface area contributed by atoms with Crippen LogP contribution in [-0.2, 0) is 4.79 Å². The van der Waals surface area contributed by atoms with Crippen molar-refractivity contribution in [2.45, 2.75) is 55.2 Å². The number of anilines is 1. The highest BCUT2D eigenvalue weighted by molar-refractivity contribution is 8.02. The normalized spacial score (nSPS) is 21.4. The van der Waals surface area contributed by atoms with E-state index in [0.717, 1.165) is 30.1 Å². The van der Waals surface area contributed by atoms with Gasteiger partial charge in [-0.05, 0) is 32.6 Å². The molecule has 7 heteroatoms. The molecule has 1 aliphatic heterocycles. The Morgan fingerprint density at radius 1 is 1.58 bits per heavy atom. The molecule has 1 aliphatic rings. The minimum atomic E-state index is -0.125. The summed E-state index contributed by atoms with van der Waals surface area (Å²) in [6.07, 6.45) is 4.52. The molecule has 19 heavy (non-hydrogen) atoms. The summed E-state index contributed by atoms with van der Waals surface area (Å²) < 4.78 is 0.767. The molecular weight excluding hydrogens is 280 g/mol. The Kier molecular flexibility index (Phi) is 5.04. The first kappa shape index (κ1) is 14.6. The number of amides is 1. The molecule has 0 radical (unpaired) electrons. The fourth-order valence-corrected chi connectivity index (χ4v) is 4.27. The van der Waals surface area contributed by atoms with Gasteiger partial charge in [0.15, 0.2) is 4.34 Å². The lowest BCUT2D eigenvalue weighted by molar-refractivity contribution is -0.134. The molecule has 2 heterocycles. The van der Waals surface area contributed by atoms with Crippen molar-refractivity contribution in [3.05, 3.63) is 0 Å². The molecule has 0 saturated carbocycles. The first-order chi connectivity index (χ1) is 9.11. The lowest BCUT2D eigenvalue weighted by Crippen LogP contribution is -2.46. The number of aromatic nitrogens is 2. The van der Waals surface area contributed by atoms with Gasteiger partial charge in [0, 0.05) is 12.6 Å². The van der Waals surface area contributed by atoms with E-state index in [0.29, 0.717) is 11.2 Å². The van der Waals surface area contributed by atoms with Gasteiger partial charge in [-0.1, -0.05) is 30.0 Å². The van der Waals surface area contributed by atoms with E-state index in [9.17, 15) is 4.79 Å². The van der Waals surface area contributed by atoms with Crippen LogP contribution in [0.3, 0.4) is 0 Å². The van der Waals surface area contributed by atoms with E-state index in [4.69, 9.17) is 5.73 Å². The Hall–Kier alpha value is -0.820. The van der Waals surface area contributed by atoms with E-state index in [1.165, 1.54) is 29.5 Å². The Morgan fingerprint density at radius 2 is 2.37 bits per heavy atom. The van der Waals surface area contributed by atoms with Gasteiger partial charge in [-0.15, -0.1) is 10.2 Å². The zero-order valence-corrected chi connectivity index (χ0v) is 13.0. The molecule has 1 amide bonds. The first-order valence-corrected chi connectivity index (χ1v) is 8.37. The largest absolute Gasteiger partial charge is 0.374 e. The van der Waals surface area contributed by atoms with Gasteiger partial charge in [0.25, 0.3) is 0 Å². The molecule has 0 aromatic carbocycles. The van der Waals surface area contributed by atoms with Crippen LogP contribution in [0.2, 0.25) is 0 Å². The van der Waals surface area contributed by atoms with Crippen LogP contribution in [-0.4, -0.2) is 38.8 Å². The van der Waals surface area contributed by atoms with E-state index in [2.05, 4.69) is 17.1 Å². The number of nitrogens with zero attached hydrogens (tertiary/aromatic N) is 3. The number of rotatable bonds is 4. The second-order valence-electron chi connectivity index (χ2n) is 4.76. The van der Waals surface area contributed by atoms with Crippen molar-refractivity contribution >= 4 is 34.1 Å². The third kappa shape index (κ3) is 3.60. The average Bonchev–Trinajstić information content (AvgIpc) is 2.83. The zero-order valence-electron chi connectivity index (χ0n) is 11.3. The number of hydrogen-bond acceptors (Lipinski definition) is 6. The van der Waals surface area contributed by atoms with Crippen LogP contribution in [0, 0.1) is 0 Å². The van der Waals surface area contributed by atoms with Crippen LogP contribution in [0.5, 0.6) is 0 Å². The molecule has 2 atom stereocenters. The van der Waals surface area contributed by atoms with Crippen molar-refractivity contribution in [1.82, 2.24) is 15.1 Å². The highest BCUT2D eigenvalue weighted by atomic mass is 32.2. The summed E-state index contributed by atoms with van der Waals surface area (Å²) in [5.74, 6) is 0.213. The van der Waals surface area contributed by atoms with Crippen LogP contribution >= 0.6 is 23.1 Å². The van der Waals surface area contributed by atoms with Crippen LogP contribution < -0.4 is 5.73 Å². The average molecular weight is 300 g/mol. The Bertz CT molecular complexity index is 437. The molecule has 0 spiro atoms. The van der Waals surface area contributed by atoms with Crippen molar-refractivity contribution in [3.8, 4) is 0 Å². The quantitative estimate of drug-likeness (QED) is 0.864. The van der Waals surface area contributed by atoms with Gasteiger partial charge in [-0.25, -0.2) is 0 Å². The second-order valence-corrected chi connectivity index (χ2v) is 7.35. The summed E-state index contributed by atoms with van der Waals surface area (Å²) in [5.41, 5.74) is 5.55. The van der Waals surface area contributed by atoms with Gasteiger partial charge >= 0.3 is 0 Å². The fourth-order valence-electron chi connectivity index (χ4n) is 2.42. The highest BCUT2D eigenvalue weighted by Crippen LogP contribution is 2.30. The first-order valence-electron chi connectivity index (χ1n) is 6.68. The summed E-state index contributed by atoms with van der Waals surface area (Å²) in [4.78, 5) is 14.6. The van der Waals surface area contributed by atoms with Crippen LogP contribution in [0.1, 0.15) is 39.5 Å². The SMILES string of the molecule is CC[C@@H]1CCCCN1C(=O)[C@@H](C)Sc1nnc(N)s1. The Balaban J connectivity index is 1.97. The molecule has 1 saturated heterocycles. The van der Waals surface area contributed by atoms with Gasteiger partial charge in [-0.2, -0.15) is 0 Å². The van der Waals surface area contributed by atoms with E-state index in [-0.39, 0.29) is 11.2 Å². The number of carbonyl (C=O) groups excluding carboxylic acids is 1. The van der Waals surface area contributed by atoms with Gasteiger partial charge < -0.3 is 10.6 Å². The Labute approximate surface area is 122 Å². The second kappa shape index (κ2) is 6.56. The van der Waals surface area contributed by atoms with Crippen LogP contribution in [0.25, 0.3) is 0 Å². The number of carbonyl (C=O) groups is 1. The van der Waals surface area contributed by atoms with Crippen molar-refractivity contribution in [2.75, 3.05) is 12.3 Å². The Morgan fingerprint density at radius 3 is 3.00 bits per heavy atom.